The number of aryl methyl sites for hydroxylation is 2. The Morgan fingerprint density at radius 2 is 1.82 bits per heavy atom. The number of nitrogens with zero attached hydrogens (tertiary/aromatic N) is 1. The van der Waals surface area contributed by atoms with Crippen molar-refractivity contribution in [2.24, 2.45) is 0 Å². The SMILES string of the molecule is CCCCNC(=O)[C@H](C)N(Cc1cccc(C)c1)C(=O)Cc1ccccc1C. The average Bonchev–Trinajstić information content (AvgIpc) is 2.67. The van der Waals surface area contributed by atoms with Gasteiger partial charge < -0.3 is 10.2 Å². The van der Waals surface area contributed by atoms with Crippen LogP contribution >= 0.6 is 0 Å². The van der Waals surface area contributed by atoms with Crippen molar-refractivity contribution in [1.29, 1.82) is 0 Å². The van der Waals surface area contributed by atoms with E-state index in [0.29, 0.717) is 19.5 Å². The molecule has 0 fully saturated rings. The molecule has 0 aliphatic rings. The Hall–Kier alpha value is -2.62. The first kappa shape index (κ1) is 21.7. The number of hydrogen-bond donors (Lipinski definition) is 1. The Morgan fingerprint density at radius 3 is 2.50 bits per heavy atom. The van der Waals surface area contributed by atoms with Crippen molar-refractivity contribution in [1.82, 2.24) is 10.2 Å². The molecular weight excluding hydrogens is 348 g/mol. The highest BCUT2D eigenvalue weighted by atomic mass is 16.2. The van der Waals surface area contributed by atoms with Crippen LogP contribution in [0.4, 0.5) is 0 Å². The zero-order valence-electron chi connectivity index (χ0n) is 17.5. The second kappa shape index (κ2) is 10.6. The summed E-state index contributed by atoms with van der Waals surface area (Å²) in [4.78, 5) is 27.5. The maximum absolute atomic E-state index is 13.2. The van der Waals surface area contributed by atoms with Crippen LogP contribution in [0.25, 0.3) is 0 Å². The molecule has 4 nitrogen and oxygen atoms in total. The number of carbonyl (C=O) groups excluding carboxylic acids is 2. The van der Waals surface area contributed by atoms with E-state index in [-0.39, 0.29) is 11.8 Å². The van der Waals surface area contributed by atoms with Crippen molar-refractivity contribution in [3.8, 4) is 0 Å². The van der Waals surface area contributed by atoms with Crippen molar-refractivity contribution in [2.45, 2.75) is 59.5 Å². The molecule has 0 heterocycles. The van der Waals surface area contributed by atoms with Crippen LogP contribution in [0.15, 0.2) is 48.5 Å². The van der Waals surface area contributed by atoms with E-state index < -0.39 is 6.04 Å². The van der Waals surface area contributed by atoms with Crippen molar-refractivity contribution in [2.75, 3.05) is 6.54 Å². The second-order valence-electron chi connectivity index (χ2n) is 7.43. The number of benzene rings is 2. The first-order valence-electron chi connectivity index (χ1n) is 10.1. The third-order valence-electron chi connectivity index (χ3n) is 5.04. The van der Waals surface area contributed by atoms with E-state index in [2.05, 4.69) is 18.3 Å². The summed E-state index contributed by atoms with van der Waals surface area (Å²) >= 11 is 0. The Kier molecular flexibility index (Phi) is 8.24. The van der Waals surface area contributed by atoms with Gasteiger partial charge in [0.1, 0.15) is 6.04 Å². The largest absolute Gasteiger partial charge is 0.354 e. The van der Waals surface area contributed by atoms with Gasteiger partial charge in [-0.25, -0.2) is 0 Å². The molecule has 28 heavy (non-hydrogen) atoms. The van der Waals surface area contributed by atoms with Gasteiger partial charge in [-0.3, -0.25) is 9.59 Å². The highest BCUT2D eigenvalue weighted by Gasteiger charge is 2.26. The fourth-order valence-corrected chi connectivity index (χ4v) is 3.20. The summed E-state index contributed by atoms with van der Waals surface area (Å²) in [5.74, 6) is -0.131. The van der Waals surface area contributed by atoms with Crippen molar-refractivity contribution < 1.29 is 9.59 Å². The van der Waals surface area contributed by atoms with Crippen LogP contribution in [0, 0.1) is 13.8 Å². The van der Waals surface area contributed by atoms with Crippen LogP contribution in [0.1, 0.15) is 48.9 Å². The maximum atomic E-state index is 13.2. The lowest BCUT2D eigenvalue weighted by molar-refractivity contribution is -0.140. The molecule has 0 saturated carbocycles. The number of unbranched alkanes of at least 4 members (excludes halogenated alkanes) is 1. The second-order valence-corrected chi connectivity index (χ2v) is 7.43. The first-order chi connectivity index (χ1) is 13.4. The molecule has 4 heteroatoms. The predicted molar refractivity (Wildman–Crippen MR) is 114 cm³/mol. The first-order valence-corrected chi connectivity index (χ1v) is 10.1. The molecule has 1 atom stereocenters. The summed E-state index contributed by atoms with van der Waals surface area (Å²) in [5.41, 5.74) is 4.27. The van der Waals surface area contributed by atoms with Crippen molar-refractivity contribution >= 4 is 11.8 Å². The Bertz CT molecular complexity index is 801. The molecule has 0 aliphatic heterocycles. The van der Waals surface area contributed by atoms with Crippen molar-refractivity contribution in [3.05, 3.63) is 70.8 Å². The molecule has 0 aliphatic carbocycles. The Morgan fingerprint density at radius 1 is 1.07 bits per heavy atom. The summed E-state index contributed by atoms with van der Waals surface area (Å²) in [6, 6.07) is 15.5. The van der Waals surface area contributed by atoms with Gasteiger partial charge in [-0.1, -0.05) is 67.4 Å². The average molecular weight is 381 g/mol. The zero-order valence-corrected chi connectivity index (χ0v) is 17.5. The minimum absolute atomic E-state index is 0.0334. The van der Waals surface area contributed by atoms with E-state index in [9.17, 15) is 9.59 Å². The molecule has 2 amide bonds. The van der Waals surface area contributed by atoms with Gasteiger partial charge in [0, 0.05) is 13.1 Å². The van der Waals surface area contributed by atoms with Crippen molar-refractivity contribution in [3.63, 3.8) is 0 Å². The van der Waals surface area contributed by atoms with E-state index in [1.165, 1.54) is 0 Å². The number of nitrogens with one attached hydrogen (secondary N) is 1. The number of carbonyl (C=O) groups is 2. The lowest BCUT2D eigenvalue weighted by Crippen LogP contribution is -2.48. The van der Waals surface area contributed by atoms with E-state index in [4.69, 9.17) is 0 Å². The molecule has 0 bridgehead atoms. The number of rotatable bonds is 9. The third-order valence-corrected chi connectivity index (χ3v) is 5.04. The molecule has 1 N–H and O–H groups in total. The van der Waals surface area contributed by atoms with Gasteiger partial charge in [-0.15, -0.1) is 0 Å². The standard InChI is InChI=1S/C24H32N2O2/c1-5-6-14-25-24(28)20(4)26(17-21-12-9-10-18(2)15-21)23(27)16-22-13-8-7-11-19(22)3/h7-13,15,20H,5-6,14,16-17H2,1-4H3,(H,25,28)/t20-/m0/s1. The fraction of sp³-hybridized carbons (Fsp3) is 0.417. The zero-order chi connectivity index (χ0) is 20.5. The predicted octanol–water partition coefficient (Wildman–Crippen LogP) is 4.18. The van der Waals surface area contributed by atoms with E-state index in [1.54, 1.807) is 4.90 Å². The van der Waals surface area contributed by atoms with Gasteiger partial charge in [0.25, 0.3) is 0 Å². The quantitative estimate of drug-likeness (QED) is 0.664. The molecule has 150 valence electrons. The minimum atomic E-state index is -0.520. The molecular formula is C24H32N2O2. The minimum Gasteiger partial charge on any atom is -0.354 e. The smallest absolute Gasteiger partial charge is 0.242 e. The van der Waals surface area contributed by atoms with Gasteiger partial charge in [0.15, 0.2) is 0 Å². The lowest BCUT2D eigenvalue weighted by Gasteiger charge is -2.29. The van der Waals surface area contributed by atoms with Crippen LogP contribution in [0.2, 0.25) is 0 Å². The molecule has 0 spiro atoms. The molecule has 2 aromatic carbocycles. The van der Waals surface area contributed by atoms with Crippen LogP contribution in [-0.4, -0.2) is 29.3 Å². The summed E-state index contributed by atoms with van der Waals surface area (Å²) in [6.45, 7) is 9.01. The Balaban J connectivity index is 2.20. The molecule has 0 radical (unpaired) electrons. The fourth-order valence-electron chi connectivity index (χ4n) is 3.20. The van der Waals surface area contributed by atoms with E-state index >= 15 is 0 Å². The van der Waals surface area contributed by atoms with E-state index in [1.807, 2.05) is 63.2 Å². The summed E-state index contributed by atoms with van der Waals surface area (Å²) in [5, 5.41) is 2.96. The topological polar surface area (TPSA) is 49.4 Å². The van der Waals surface area contributed by atoms with Gasteiger partial charge in [-0.05, 0) is 43.9 Å². The molecule has 2 rings (SSSR count). The molecule has 2 aromatic rings. The van der Waals surface area contributed by atoms with E-state index in [0.717, 1.165) is 35.1 Å². The number of amides is 2. The highest BCUT2D eigenvalue weighted by molar-refractivity contribution is 5.88. The maximum Gasteiger partial charge on any atom is 0.242 e. The monoisotopic (exact) mass is 380 g/mol. The molecule has 0 aromatic heterocycles. The Labute approximate surface area is 169 Å². The third kappa shape index (κ3) is 6.22. The highest BCUT2D eigenvalue weighted by Crippen LogP contribution is 2.15. The van der Waals surface area contributed by atoms with Gasteiger partial charge in [-0.2, -0.15) is 0 Å². The van der Waals surface area contributed by atoms with Crippen LogP contribution in [0.5, 0.6) is 0 Å². The number of hydrogen-bond acceptors (Lipinski definition) is 2. The lowest BCUT2D eigenvalue weighted by atomic mass is 10.0. The molecule has 0 saturated heterocycles. The summed E-state index contributed by atoms with van der Waals surface area (Å²) in [7, 11) is 0. The van der Waals surface area contributed by atoms with Gasteiger partial charge in [0.2, 0.25) is 11.8 Å². The molecule has 0 unspecified atom stereocenters. The van der Waals surface area contributed by atoms with Gasteiger partial charge >= 0.3 is 0 Å². The van der Waals surface area contributed by atoms with Crippen LogP contribution in [-0.2, 0) is 22.6 Å². The van der Waals surface area contributed by atoms with Gasteiger partial charge in [0.05, 0.1) is 6.42 Å². The normalized spacial score (nSPS) is 11.7. The van der Waals surface area contributed by atoms with Crippen LogP contribution in [0.3, 0.4) is 0 Å². The summed E-state index contributed by atoms with van der Waals surface area (Å²) < 4.78 is 0. The van der Waals surface area contributed by atoms with Crippen LogP contribution < -0.4 is 5.32 Å². The summed E-state index contributed by atoms with van der Waals surface area (Å²) in [6.07, 6.45) is 2.26.